The van der Waals surface area contributed by atoms with Gasteiger partial charge < -0.3 is 5.32 Å². The Kier molecular flexibility index (Phi) is 6.39. The summed E-state index contributed by atoms with van der Waals surface area (Å²) < 4.78 is 27.1. The number of piperazine rings is 1. The van der Waals surface area contributed by atoms with E-state index in [0.29, 0.717) is 24.7 Å². The highest BCUT2D eigenvalue weighted by molar-refractivity contribution is 7.89. The molecule has 0 spiro atoms. The summed E-state index contributed by atoms with van der Waals surface area (Å²) in [5, 5.41) is 3.32. The van der Waals surface area contributed by atoms with Gasteiger partial charge in [-0.1, -0.05) is 12.1 Å². The highest BCUT2D eigenvalue weighted by atomic mass is 35.5. The van der Waals surface area contributed by atoms with Crippen LogP contribution in [0, 0.1) is 0 Å². The molecule has 6 nitrogen and oxygen atoms in total. The standard InChI is InChI=1S/C16H23N3O3S.ClH/c1-13(20)14-2-4-16(5-3-14)23(21,22)19-9-6-15(12-19)18-10-7-17-8-11-18;/h2-5,15,17H,6-12H2,1H3;1H. The van der Waals surface area contributed by atoms with Crippen molar-refractivity contribution >= 4 is 28.2 Å². The molecule has 1 N–H and O–H groups in total. The number of hydrogen-bond donors (Lipinski definition) is 1. The van der Waals surface area contributed by atoms with Crippen molar-refractivity contribution < 1.29 is 13.2 Å². The summed E-state index contributed by atoms with van der Waals surface area (Å²) in [4.78, 5) is 14.0. The van der Waals surface area contributed by atoms with Crippen LogP contribution in [0.15, 0.2) is 29.2 Å². The zero-order chi connectivity index (χ0) is 16.4. The van der Waals surface area contributed by atoms with Crippen molar-refractivity contribution in [1.29, 1.82) is 0 Å². The van der Waals surface area contributed by atoms with Crippen molar-refractivity contribution in [2.45, 2.75) is 24.3 Å². The van der Waals surface area contributed by atoms with Crippen LogP contribution < -0.4 is 5.32 Å². The molecule has 1 unspecified atom stereocenters. The fourth-order valence-electron chi connectivity index (χ4n) is 3.28. The highest BCUT2D eigenvalue weighted by Crippen LogP contribution is 2.24. The molecule has 1 atom stereocenters. The van der Waals surface area contributed by atoms with Crippen LogP contribution in [-0.4, -0.2) is 68.7 Å². The quantitative estimate of drug-likeness (QED) is 0.797. The number of sulfonamides is 1. The van der Waals surface area contributed by atoms with Crippen molar-refractivity contribution in [3.63, 3.8) is 0 Å². The van der Waals surface area contributed by atoms with E-state index in [1.165, 1.54) is 19.1 Å². The Bertz CT molecular complexity index is 672. The Labute approximate surface area is 149 Å². The molecular weight excluding hydrogens is 350 g/mol. The number of benzene rings is 1. The van der Waals surface area contributed by atoms with Gasteiger partial charge in [0.2, 0.25) is 10.0 Å². The summed E-state index contributed by atoms with van der Waals surface area (Å²) in [6.45, 7) is 6.48. The molecule has 2 fully saturated rings. The average Bonchev–Trinajstić information content (AvgIpc) is 3.06. The molecule has 2 heterocycles. The van der Waals surface area contributed by atoms with Crippen molar-refractivity contribution in [3.05, 3.63) is 29.8 Å². The van der Waals surface area contributed by atoms with Gasteiger partial charge in [-0.3, -0.25) is 9.69 Å². The Morgan fingerprint density at radius 2 is 1.75 bits per heavy atom. The minimum absolute atomic E-state index is 0. The summed E-state index contributed by atoms with van der Waals surface area (Å²) in [6.07, 6.45) is 0.880. The number of nitrogens with zero attached hydrogens (tertiary/aromatic N) is 2. The second-order valence-corrected chi connectivity index (χ2v) is 8.11. The summed E-state index contributed by atoms with van der Waals surface area (Å²) in [7, 11) is -3.47. The van der Waals surface area contributed by atoms with Gasteiger partial charge >= 0.3 is 0 Å². The van der Waals surface area contributed by atoms with Gasteiger partial charge in [-0.15, -0.1) is 12.4 Å². The molecule has 2 aliphatic heterocycles. The third-order valence-corrected chi connectivity index (χ3v) is 6.57. The van der Waals surface area contributed by atoms with Crippen LogP contribution in [0.25, 0.3) is 0 Å². The summed E-state index contributed by atoms with van der Waals surface area (Å²) in [6, 6.07) is 6.54. The number of halogens is 1. The number of nitrogens with one attached hydrogen (secondary N) is 1. The number of carbonyl (C=O) groups excluding carboxylic acids is 1. The molecule has 0 amide bonds. The van der Waals surface area contributed by atoms with E-state index >= 15 is 0 Å². The number of carbonyl (C=O) groups is 1. The van der Waals surface area contributed by atoms with Gasteiger partial charge in [0.1, 0.15) is 0 Å². The van der Waals surface area contributed by atoms with Gasteiger partial charge in [0.25, 0.3) is 0 Å². The molecule has 8 heteroatoms. The first kappa shape index (κ1) is 19.3. The van der Waals surface area contributed by atoms with Crippen LogP contribution in [0.2, 0.25) is 0 Å². The Morgan fingerprint density at radius 3 is 2.33 bits per heavy atom. The van der Waals surface area contributed by atoms with Crippen molar-refractivity contribution in [2.75, 3.05) is 39.3 Å². The van der Waals surface area contributed by atoms with Gasteiger partial charge in [-0.05, 0) is 25.5 Å². The van der Waals surface area contributed by atoms with E-state index in [0.717, 1.165) is 32.6 Å². The molecule has 0 saturated carbocycles. The predicted molar refractivity (Wildman–Crippen MR) is 95.3 cm³/mol. The zero-order valence-electron chi connectivity index (χ0n) is 13.8. The summed E-state index contributed by atoms with van der Waals surface area (Å²) in [5.41, 5.74) is 0.532. The van der Waals surface area contributed by atoms with E-state index in [-0.39, 0.29) is 23.1 Å². The lowest BCUT2D eigenvalue weighted by atomic mass is 10.2. The monoisotopic (exact) mass is 373 g/mol. The highest BCUT2D eigenvalue weighted by Gasteiger charge is 2.35. The van der Waals surface area contributed by atoms with E-state index in [2.05, 4.69) is 10.2 Å². The normalized spacial score (nSPS) is 23.0. The maximum atomic E-state index is 12.8. The van der Waals surface area contributed by atoms with E-state index < -0.39 is 10.0 Å². The Balaban J connectivity index is 0.00000208. The number of Topliss-reactive ketones (excluding diaryl/α,β-unsaturated/α-hetero) is 1. The minimum atomic E-state index is -3.47. The van der Waals surface area contributed by atoms with Crippen molar-refractivity contribution in [1.82, 2.24) is 14.5 Å². The molecule has 0 bridgehead atoms. The molecule has 0 radical (unpaired) electrons. The summed E-state index contributed by atoms with van der Waals surface area (Å²) >= 11 is 0. The zero-order valence-corrected chi connectivity index (χ0v) is 15.4. The van der Waals surface area contributed by atoms with Crippen LogP contribution >= 0.6 is 12.4 Å². The molecular formula is C16H24ClN3O3S. The lowest BCUT2D eigenvalue weighted by molar-refractivity contribution is 0.101. The molecule has 24 heavy (non-hydrogen) atoms. The number of hydrogen-bond acceptors (Lipinski definition) is 5. The Hall–Kier alpha value is -0.990. The molecule has 1 aromatic rings. The van der Waals surface area contributed by atoms with E-state index in [1.807, 2.05) is 0 Å². The topological polar surface area (TPSA) is 69.7 Å². The smallest absolute Gasteiger partial charge is 0.243 e. The van der Waals surface area contributed by atoms with Crippen LogP contribution in [0.5, 0.6) is 0 Å². The average molecular weight is 374 g/mol. The van der Waals surface area contributed by atoms with Gasteiger partial charge in [-0.2, -0.15) is 4.31 Å². The van der Waals surface area contributed by atoms with Gasteiger partial charge in [0.15, 0.2) is 5.78 Å². The van der Waals surface area contributed by atoms with Crippen molar-refractivity contribution in [2.24, 2.45) is 0 Å². The molecule has 134 valence electrons. The fourth-order valence-corrected chi connectivity index (χ4v) is 4.78. The van der Waals surface area contributed by atoms with Crippen molar-refractivity contribution in [3.8, 4) is 0 Å². The first-order valence-electron chi connectivity index (χ1n) is 8.04. The molecule has 0 aromatic heterocycles. The molecule has 3 rings (SSSR count). The third-order valence-electron chi connectivity index (χ3n) is 4.69. The first-order chi connectivity index (χ1) is 11.0. The van der Waals surface area contributed by atoms with E-state index in [1.54, 1.807) is 16.4 Å². The van der Waals surface area contributed by atoms with Crippen LogP contribution in [0.4, 0.5) is 0 Å². The lowest BCUT2D eigenvalue weighted by Gasteiger charge is -2.32. The van der Waals surface area contributed by atoms with Crippen LogP contribution in [0.3, 0.4) is 0 Å². The molecule has 1 aromatic carbocycles. The molecule has 2 aliphatic rings. The van der Waals surface area contributed by atoms with Crippen LogP contribution in [0.1, 0.15) is 23.7 Å². The molecule has 0 aliphatic carbocycles. The predicted octanol–water partition coefficient (Wildman–Crippen LogP) is 0.979. The fraction of sp³-hybridized carbons (Fsp3) is 0.562. The maximum absolute atomic E-state index is 12.8. The Morgan fingerprint density at radius 1 is 1.12 bits per heavy atom. The largest absolute Gasteiger partial charge is 0.314 e. The maximum Gasteiger partial charge on any atom is 0.243 e. The lowest BCUT2D eigenvalue weighted by Crippen LogP contribution is -2.49. The second kappa shape index (κ2) is 7.93. The molecule has 2 saturated heterocycles. The van der Waals surface area contributed by atoms with Crippen LogP contribution in [-0.2, 0) is 10.0 Å². The van der Waals surface area contributed by atoms with Gasteiger partial charge in [0.05, 0.1) is 4.90 Å². The first-order valence-corrected chi connectivity index (χ1v) is 9.48. The van der Waals surface area contributed by atoms with Gasteiger partial charge in [0, 0.05) is 50.9 Å². The number of rotatable bonds is 4. The SMILES string of the molecule is CC(=O)c1ccc(S(=O)(=O)N2CCC(N3CCNCC3)C2)cc1.Cl. The van der Waals surface area contributed by atoms with Gasteiger partial charge in [-0.25, -0.2) is 8.42 Å². The number of ketones is 1. The van der Waals surface area contributed by atoms with E-state index in [9.17, 15) is 13.2 Å². The summed E-state index contributed by atoms with van der Waals surface area (Å²) in [5.74, 6) is -0.0612. The minimum Gasteiger partial charge on any atom is -0.314 e. The van der Waals surface area contributed by atoms with E-state index in [4.69, 9.17) is 0 Å². The third kappa shape index (κ3) is 3.97. The second-order valence-electron chi connectivity index (χ2n) is 6.17.